The van der Waals surface area contributed by atoms with Crippen molar-refractivity contribution in [2.75, 3.05) is 25.0 Å². The van der Waals surface area contributed by atoms with Gasteiger partial charge in [-0.05, 0) is 55.5 Å². The van der Waals surface area contributed by atoms with Gasteiger partial charge in [0.25, 0.3) is 0 Å². The standard InChI is InChI=1S/C18H27N3O3S/c1-3-14-12-21-9-8-15(14)10-17(21)11-19-25(23,24)18-6-4-16(5-7-18)20-13(2)22/h4-7,14-15,17,19H,3,8-12H2,1-2H3,(H,20,22)/t14-,15+,17-/m1/s1. The Morgan fingerprint density at radius 3 is 2.56 bits per heavy atom. The maximum absolute atomic E-state index is 12.5. The highest BCUT2D eigenvalue weighted by Gasteiger charge is 2.39. The predicted molar refractivity (Wildman–Crippen MR) is 97.8 cm³/mol. The van der Waals surface area contributed by atoms with Crippen LogP contribution < -0.4 is 10.0 Å². The van der Waals surface area contributed by atoms with Crippen LogP contribution >= 0.6 is 0 Å². The number of piperidine rings is 3. The van der Waals surface area contributed by atoms with E-state index in [4.69, 9.17) is 0 Å². The van der Waals surface area contributed by atoms with Gasteiger partial charge < -0.3 is 5.32 Å². The fourth-order valence-corrected chi connectivity index (χ4v) is 5.21. The molecule has 0 aliphatic carbocycles. The molecule has 3 aliphatic heterocycles. The molecule has 0 saturated carbocycles. The summed E-state index contributed by atoms with van der Waals surface area (Å²) in [5.74, 6) is 1.32. The number of hydrogen-bond donors (Lipinski definition) is 2. The number of carbonyl (C=O) groups is 1. The van der Waals surface area contributed by atoms with Gasteiger partial charge in [-0.15, -0.1) is 0 Å². The molecule has 1 unspecified atom stereocenters. The molecule has 138 valence electrons. The summed E-state index contributed by atoms with van der Waals surface area (Å²) in [5, 5.41) is 2.63. The molecule has 2 bridgehead atoms. The number of rotatable bonds is 6. The van der Waals surface area contributed by atoms with Gasteiger partial charge in [-0.25, -0.2) is 13.1 Å². The molecule has 1 aromatic rings. The van der Waals surface area contributed by atoms with Crippen LogP contribution in [-0.2, 0) is 14.8 Å². The molecule has 0 spiro atoms. The predicted octanol–water partition coefficient (Wildman–Crippen LogP) is 2.04. The Hall–Kier alpha value is -1.44. The summed E-state index contributed by atoms with van der Waals surface area (Å²) in [6, 6.07) is 6.55. The fourth-order valence-electron chi connectivity index (χ4n) is 4.13. The summed E-state index contributed by atoms with van der Waals surface area (Å²) in [6.07, 6.45) is 3.54. The summed E-state index contributed by atoms with van der Waals surface area (Å²) in [4.78, 5) is 13.7. The number of hydrogen-bond acceptors (Lipinski definition) is 4. The van der Waals surface area contributed by atoms with E-state index >= 15 is 0 Å². The molecule has 6 nitrogen and oxygen atoms in total. The number of amides is 1. The van der Waals surface area contributed by atoms with Gasteiger partial charge in [0.05, 0.1) is 4.90 Å². The van der Waals surface area contributed by atoms with Gasteiger partial charge in [-0.2, -0.15) is 0 Å². The highest BCUT2D eigenvalue weighted by molar-refractivity contribution is 7.89. The van der Waals surface area contributed by atoms with Crippen molar-refractivity contribution < 1.29 is 13.2 Å². The lowest BCUT2D eigenvalue weighted by Gasteiger charge is -2.49. The van der Waals surface area contributed by atoms with Crippen molar-refractivity contribution in [2.24, 2.45) is 11.8 Å². The second kappa shape index (κ2) is 7.43. The zero-order valence-electron chi connectivity index (χ0n) is 14.9. The van der Waals surface area contributed by atoms with Crippen LogP contribution in [0.4, 0.5) is 5.69 Å². The lowest BCUT2D eigenvalue weighted by molar-refractivity contribution is -0.114. The van der Waals surface area contributed by atoms with E-state index in [9.17, 15) is 13.2 Å². The van der Waals surface area contributed by atoms with E-state index in [1.54, 1.807) is 12.1 Å². The first-order valence-corrected chi connectivity index (χ1v) is 10.5. The minimum absolute atomic E-state index is 0.180. The van der Waals surface area contributed by atoms with E-state index in [-0.39, 0.29) is 10.8 Å². The van der Waals surface area contributed by atoms with Gasteiger partial charge in [0, 0.05) is 31.7 Å². The molecule has 0 radical (unpaired) electrons. The van der Waals surface area contributed by atoms with E-state index in [1.807, 2.05) is 0 Å². The van der Waals surface area contributed by atoms with Crippen molar-refractivity contribution in [1.82, 2.24) is 9.62 Å². The third-order valence-electron chi connectivity index (χ3n) is 5.53. The third-order valence-corrected chi connectivity index (χ3v) is 6.97. The Bertz CT molecular complexity index is 718. The van der Waals surface area contributed by atoms with Crippen LogP contribution in [0.1, 0.15) is 33.1 Å². The Morgan fingerprint density at radius 2 is 2.00 bits per heavy atom. The number of anilines is 1. The zero-order valence-corrected chi connectivity index (χ0v) is 15.7. The molecule has 3 aliphatic rings. The molecule has 0 aromatic heterocycles. The zero-order chi connectivity index (χ0) is 18.0. The quantitative estimate of drug-likeness (QED) is 0.809. The monoisotopic (exact) mass is 365 g/mol. The smallest absolute Gasteiger partial charge is 0.240 e. The third kappa shape index (κ3) is 4.22. The van der Waals surface area contributed by atoms with E-state index in [0.717, 1.165) is 31.3 Å². The van der Waals surface area contributed by atoms with Crippen molar-refractivity contribution >= 4 is 21.6 Å². The number of nitrogens with one attached hydrogen (secondary N) is 2. The molecule has 2 N–H and O–H groups in total. The molecule has 3 fully saturated rings. The molecule has 1 amide bonds. The summed E-state index contributed by atoms with van der Waals surface area (Å²) in [5.41, 5.74) is 0.591. The molecule has 25 heavy (non-hydrogen) atoms. The molecule has 3 heterocycles. The van der Waals surface area contributed by atoms with Crippen LogP contribution in [0.3, 0.4) is 0 Å². The van der Waals surface area contributed by atoms with Gasteiger partial charge in [0.15, 0.2) is 0 Å². The van der Waals surface area contributed by atoms with Crippen LogP contribution in [0, 0.1) is 11.8 Å². The topological polar surface area (TPSA) is 78.5 Å². The largest absolute Gasteiger partial charge is 0.326 e. The maximum atomic E-state index is 12.5. The minimum Gasteiger partial charge on any atom is -0.326 e. The molecular formula is C18H27N3O3S. The fraction of sp³-hybridized carbons (Fsp3) is 0.611. The molecule has 4 rings (SSSR count). The highest BCUT2D eigenvalue weighted by Crippen LogP contribution is 2.37. The van der Waals surface area contributed by atoms with Crippen LogP contribution in [0.25, 0.3) is 0 Å². The van der Waals surface area contributed by atoms with Crippen LogP contribution in [0.2, 0.25) is 0 Å². The minimum atomic E-state index is -3.53. The number of sulfonamides is 1. The maximum Gasteiger partial charge on any atom is 0.240 e. The van der Waals surface area contributed by atoms with Gasteiger partial charge in [0.1, 0.15) is 0 Å². The molecular weight excluding hydrogens is 338 g/mol. The summed E-state index contributed by atoms with van der Waals surface area (Å²) in [6.45, 7) is 6.30. The van der Waals surface area contributed by atoms with Gasteiger partial charge in [0.2, 0.25) is 15.9 Å². The molecule has 4 atom stereocenters. The van der Waals surface area contributed by atoms with Crippen LogP contribution in [-0.4, -0.2) is 44.9 Å². The first-order chi connectivity index (χ1) is 11.9. The van der Waals surface area contributed by atoms with E-state index in [2.05, 4.69) is 21.9 Å². The SMILES string of the molecule is CC[C@@H]1CN2CC[C@H]1C[C@@H]2CNS(=O)(=O)c1ccc(NC(C)=O)cc1. The van der Waals surface area contributed by atoms with Crippen molar-refractivity contribution in [3.05, 3.63) is 24.3 Å². The number of nitrogens with zero attached hydrogens (tertiary/aromatic N) is 1. The van der Waals surface area contributed by atoms with Crippen molar-refractivity contribution in [3.63, 3.8) is 0 Å². The van der Waals surface area contributed by atoms with Gasteiger partial charge in [-0.1, -0.05) is 13.3 Å². The highest BCUT2D eigenvalue weighted by atomic mass is 32.2. The van der Waals surface area contributed by atoms with Crippen molar-refractivity contribution in [2.45, 2.75) is 44.0 Å². The number of benzene rings is 1. The average Bonchev–Trinajstić information content (AvgIpc) is 2.60. The summed E-state index contributed by atoms with van der Waals surface area (Å²) < 4.78 is 27.8. The Morgan fingerprint density at radius 1 is 1.28 bits per heavy atom. The van der Waals surface area contributed by atoms with Crippen molar-refractivity contribution in [1.29, 1.82) is 0 Å². The number of fused-ring (bicyclic) bond motifs is 3. The van der Waals surface area contributed by atoms with Crippen LogP contribution in [0.15, 0.2) is 29.2 Å². The van der Waals surface area contributed by atoms with Gasteiger partial charge in [-0.3, -0.25) is 9.69 Å². The summed E-state index contributed by atoms with van der Waals surface area (Å²) in [7, 11) is -3.53. The second-order valence-corrected chi connectivity index (χ2v) is 8.93. The van der Waals surface area contributed by atoms with E-state index < -0.39 is 10.0 Å². The number of carbonyl (C=O) groups excluding carboxylic acids is 1. The lowest BCUT2D eigenvalue weighted by Crippen LogP contribution is -2.56. The Balaban J connectivity index is 1.60. The first kappa shape index (κ1) is 18.4. The molecule has 3 saturated heterocycles. The van der Waals surface area contributed by atoms with Crippen molar-refractivity contribution in [3.8, 4) is 0 Å². The van der Waals surface area contributed by atoms with E-state index in [0.29, 0.717) is 18.3 Å². The average molecular weight is 365 g/mol. The first-order valence-electron chi connectivity index (χ1n) is 9.00. The second-order valence-electron chi connectivity index (χ2n) is 7.16. The van der Waals surface area contributed by atoms with Crippen LogP contribution in [0.5, 0.6) is 0 Å². The van der Waals surface area contributed by atoms with Gasteiger partial charge >= 0.3 is 0 Å². The lowest BCUT2D eigenvalue weighted by atomic mass is 9.74. The Labute approximate surface area is 150 Å². The normalized spacial score (nSPS) is 28.7. The van der Waals surface area contributed by atoms with E-state index in [1.165, 1.54) is 31.9 Å². The Kier molecular flexibility index (Phi) is 5.46. The molecule has 1 aromatic carbocycles. The summed E-state index contributed by atoms with van der Waals surface area (Å²) >= 11 is 0. The molecule has 7 heteroatoms.